The van der Waals surface area contributed by atoms with Crippen LogP contribution in [0.2, 0.25) is 0 Å². The molecule has 3 heteroatoms. The first-order chi connectivity index (χ1) is 10.8. The molecule has 3 nitrogen and oxygen atoms in total. The first-order valence-corrected chi connectivity index (χ1v) is 7.54. The predicted octanol–water partition coefficient (Wildman–Crippen LogP) is 4.80. The summed E-state index contributed by atoms with van der Waals surface area (Å²) in [7, 11) is 1.00. The highest BCUT2D eigenvalue weighted by Crippen LogP contribution is 2.27. The molecule has 0 aliphatic heterocycles. The van der Waals surface area contributed by atoms with Gasteiger partial charge >= 0.3 is 0 Å². The van der Waals surface area contributed by atoms with E-state index in [0.717, 1.165) is 37.7 Å². The lowest BCUT2D eigenvalue weighted by molar-refractivity contribution is 0.112. The molecule has 0 unspecified atom stereocenters. The van der Waals surface area contributed by atoms with Crippen molar-refractivity contribution in [3.63, 3.8) is 0 Å². The molecule has 0 heterocycles. The zero-order chi connectivity index (χ0) is 16.4. The molecule has 0 bridgehead atoms. The maximum Gasteiger partial charge on any atom is 0.150 e. The van der Waals surface area contributed by atoms with Gasteiger partial charge in [0.25, 0.3) is 0 Å². The fourth-order valence-electron chi connectivity index (χ4n) is 2.32. The van der Waals surface area contributed by atoms with Crippen molar-refractivity contribution in [3.8, 4) is 11.5 Å². The monoisotopic (exact) mass is 300 g/mol. The lowest BCUT2D eigenvalue weighted by Gasteiger charge is -2.13. The molecule has 0 saturated carbocycles. The topological polar surface area (TPSA) is 46.5 Å². The van der Waals surface area contributed by atoms with Gasteiger partial charge in [-0.15, -0.1) is 0 Å². The number of aliphatic hydroxyl groups is 1. The Balaban J connectivity index is 0.00000116. The number of hydrogen-bond donors (Lipinski definition) is 1. The minimum atomic E-state index is 0.621. The molecule has 2 rings (SSSR count). The van der Waals surface area contributed by atoms with Crippen LogP contribution in [0, 0.1) is 0 Å². The molecule has 0 spiro atoms. The largest absolute Gasteiger partial charge is 0.457 e. The van der Waals surface area contributed by atoms with E-state index in [2.05, 4.69) is 26.0 Å². The predicted molar refractivity (Wildman–Crippen MR) is 89.8 cm³/mol. The molecule has 0 amide bonds. The maximum atomic E-state index is 10.6. The molecule has 0 aliphatic carbocycles. The van der Waals surface area contributed by atoms with Gasteiger partial charge in [-0.3, -0.25) is 4.79 Å². The van der Waals surface area contributed by atoms with Gasteiger partial charge < -0.3 is 9.84 Å². The number of benzene rings is 2. The molecule has 1 N–H and O–H groups in total. The van der Waals surface area contributed by atoms with Crippen LogP contribution in [0.5, 0.6) is 11.5 Å². The summed E-state index contributed by atoms with van der Waals surface area (Å²) in [4.78, 5) is 10.6. The Bertz CT molecular complexity index is 540. The van der Waals surface area contributed by atoms with Crippen LogP contribution in [-0.4, -0.2) is 18.5 Å². The van der Waals surface area contributed by atoms with E-state index in [0.29, 0.717) is 11.5 Å². The summed E-state index contributed by atoms with van der Waals surface area (Å²) in [6, 6.07) is 15.4. The van der Waals surface area contributed by atoms with Gasteiger partial charge in [0.2, 0.25) is 0 Å². The molecule has 0 aliphatic rings. The number of hydrogen-bond acceptors (Lipinski definition) is 3. The molecular formula is C19H24O3. The van der Waals surface area contributed by atoms with Gasteiger partial charge in [-0.25, -0.2) is 0 Å². The Morgan fingerprint density at radius 2 is 1.36 bits per heavy atom. The van der Waals surface area contributed by atoms with Gasteiger partial charge in [-0.2, -0.15) is 0 Å². The number of carbonyl (C=O) groups is 1. The summed E-state index contributed by atoms with van der Waals surface area (Å²) in [5, 5.41) is 7.00. The standard InChI is InChI=1S/C18H20O2.CH4O/c1-3-15(4-2)16-7-11-18(12-8-16)20-17-9-5-14(13-19)6-10-17;1-2/h5-13,15H,3-4H2,1-2H3;2H,1H3. The van der Waals surface area contributed by atoms with Crippen LogP contribution < -0.4 is 4.74 Å². The molecule has 0 aromatic heterocycles. The third-order valence-electron chi connectivity index (χ3n) is 3.59. The number of ether oxygens (including phenoxy) is 1. The van der Waals surface area contributed by atoms with Gasteiger partial charge in [0, 0.05) is 12.7 Å². The fourth-order valence-corrected chi connectivity index (χ4v) is 2.32. The van der Waals surface area contributed by atoms with Gasteiger partial charge in [0.15, 0.2) is 0 Å². The van der Waals surface area contributed by atoms with Gasteiger partial charge in [-0.05, 0) is 60.7 Å². The van der Waals surface area contributed by atoms with Crippen LogP contribution in [0.3, 0.4) is 0 Å². The second kappa shape index (κ2) is 9.74. The normalized spacial score (nSPS) is 9.86. The van der Waals surface area contributed by atoms with Gasteiger partial charge in [0.1, 0.15) is 17.8 Å². The van der Waals surface area contributed by atoms with E-state index in [1.165, 1.54) is 5.56 Å². The van der Waals surface area contributed by atoms with Gasteiger partial charge in [0.05, 0.1) is 0 Å². The number of carbonyl (C=O) groups excluding carboxylic acids is 1. The highest BCUT2D eigenvalue weighted by Gasteiger charge is 2.06. The van der Waals surface area contributed by atoms with E-state index in [-0.39, 0.29) is 0 Å². The summed E-state index contributed by atoms with van der Waals surface area (Å²) in [5.41, 5.74) is 2.01. The molecule has 0 radical (unpaired) electrons. The highest BCUT2D eigenvalue weighted by atomic mass is 16.5. The van der Waals surface area contributed by atoms with E-state index >= 15 is 0 Å². The maximum absolute atomic E-state index is 10.6. The number of aliphatic hydroxyl groups excluding tert-OH is 1. The van der Waals surface area contributed by atoms with Crippen molar-refractivity contribution in [2.75, 3.05) is 7.11 Å². The molecule has 2 aromatic carbocycles. The second-order valence-electron chi connectivity index (χ2n) is 4.87. The zero-order valence-corrected chi connectivity index (χ0v) is 13.5. The Morgan fingerprint density at radius 1 is 0.909 bits per heavy atom. The quantitative estimate of drug-likeness (QED) is 0.779. The average molecular weight is 300 g/mol. The van der Waals surface area contributed by atoms with Crippen LogP contribution >= 0.6 is 0 Å². The summed E-state index contributed by atoms with van der Waals surface area (Å²) >= 11 is 0. The number of aldehydes is 1. The van der Waals surface area contributed by atoms with Gasteiger partial charge in [-0.1, -0.05) is 26.0 Å². The molecule has 0 saturated heterocycles. The summed E-state index contributed by atoms with van der Waals surface area (Å²) in [6.45, 7) is 4.43. The summed E-state index contributed by atoms with van der Waals surface area (Å²) < 4.78 is 5.76. The lowest BCUT2D eigenvalue weighted by Crippen LogP contribution is -1.95. The first-order valence-electron chi connectivity index (χ1n) is 7.54. The highest BCUT2D eigenvalue weighted by molar-refractivity contribution is 5.74. The van der Waals surface area contributed by atoms with E-state index in [1.54, 1.807) is 24.3 Å². The van der Waals surface area contributed by atoms with Crippen LogP contribution in [0.4, 0.5) is 0 Å². The minimum Gasteiger partial charge on any atom is -0.457 e. The smallest absolute Gasteiger partial charge is 0.150 e. The molecule has 0 fully saturated rings. The summed E-state index contributed by atoms with van der Waals surface area (Å²) in [6.07, 6.45) is 3.14. The molecule has 118 valence electrons. The Hall–Kier alpha value is -2.13. The Labute approximate surface area is 132 Å². The number of rotatable bonds is 6. The first kappa shape index (κ1) is 17.9. The third kappa shape index (κ3) is 5.01. The van der Waals surface area contributed by atoms with Crippen molar-refractivity contribution in [3.05, 3.63) is 59.7 Å². The van der Waals surface area contributed by atoms with Crippen LogP contribution in [0.15, 0.2) is 48.5 Å². The van der Waals surface area contributed by atoms with Crippen LogP contribution in [0.1, 0.15) is 48.5 Å². The summed E-state index contributed by atoms with van der Waals surface area (Å²) in [5.74, 6) is 2.18. The zero-order valence-electron chi connectivity index (χ0n) is 13.5. The lowest BCUT2D eigenvalue weighted by atomic mass is 9.94. The van der Waals surface area contributed by atoms with E-state index in [4.69, 9.17) is 9.84 Å². The van der Waals surface area contributed by atoms with Crippen molar-refractivity contribution >= 4 is 6.29 Å². The van der Waals surface area contributed by atoms with Crippen LogP contribution in [0.25, 0.3) is 0 Å². The van der Waals surface area contributed by atoms with Crippen LogP contribution in [-0.2, 0) is 0 Å². The van der Waals surface area contributed by atoms with E-state index in [1.807, 2.05) is 12.1 Å². The SMILES string of the molecule is CCC(CC)c1ccc(Oc2ccc(C=O)cc2)cc1.CO. The Kier molecular flexibility index (Phi) is 7.94. The third-order valence-corrected chi connectivity index (χ3v) is 3.59. The molecular weight excluding hydrogens is 276 g/mol. The van der Waals surface area contributed by atoms with E-state index in [9.17, 15) is 4.79 Å². The second-order valence-corrected chi connectivity index (χ2v) is 4.87. The van der Waals surface area contributed by atoms with Crippen molar-refractivity contribution < 1.29 is 14.6 Å². The molecule has 0 atom stereocenters. The van der Waals surface area contributed by atoms with E-state index < -0.39 is 0 Å². The van der Waals surface area contributed by atoms with Crippen molar-refractivity contribution in [2.24, 2.45) is 0 Å². The Morgan fingerprint density at radius 3 is 1.77 bits per heavy atom. The van der Waals surface area contributed by atoms with Crippen molar-refractivity contribution in [1.29, 1.82) is 0 Å². The minimum absolute atomic E-state index is 0.621. The molecule has 2 aromatic rings. The average Bonchev–Trinajstić information content (AvgIpc) is 2.60. The van der Waals surface area contributed by atoms with Crippen molar-refractivity contribution in [2.45, 2.75) is 32.6 Å². The van der Waals surface area contributed by atoms with Crippen molar-refractivity contribution in [1.82, 2.24) is 0 Å². The fraction of sp³-hybridized carbons (Fsp3) is 0.316. The molecule has 22 heavy (non-hydrogen) atoms.